The Morgan fingerprint density at radius 3 is 2.59 bits per heavy atom. The van der Waals surface area contributed by atoms with Gasteiger partial charge in [0, 0.05) is 24.6 Å². The van der Waals surface area contributed by atoms with E-state index in [1.807, 2.05) is 36.1 Å². The highest BCUT2D eigenvalue weighted by Gasteiger charge is 2.29. The number of amides is 1. The Labute approximate surface area is 102 Å². The van der Waals surface area contributed by atoms with E-state index in [2.05, 4.69) is 0 Å². The van der Waals surface area contributed by atoms with Crippen LogP contribution in [0.4, 0.5) is 0 Å². The van der Waals surface area contributed by atoms with Gasteiger partial charge in [-0.3, -0.25) is 4.79 Å². The van der Waals surface area contributed by atoms with Crippen LogP contribution in [0.2, 0.25) is 0 Å². The first-order valence-corrected chi connectivity index (χ1v) is 6.12. The number of hydrogen-bond acceptors (Lipinski definition) is 2. The predicted octanol–water partition coefficient (Wildman–Crippen LogP) is 1.84. The minimum atomic E-state index is -0.328. The number of nitrogens with zero attached hydrogens (tertiary/aromatic N) is 1. The molecule has 2 rings (SSSR count). The van der Waals surface area contributed by atoms with E-state index in [0.29, 0.717) is 6.54 Å². The lowest BCUT2D eigenvalue weighted by molar-refractivity contribution is 0.0762. The number of hydrogen-bond donors (Lipinski definition) is 1. The van der Waals surface area contributed by atoms with Crippen LogP contribution in [-0.2, 0) is 0 Å². The zero-order valence-corrected chi connectivity index (χ0v) is 10.4. The lowest BCUT2D eigenvalue weighted by atomic mass is 10.0. The van der Waals surface area contributed by atoms with Gasteiger partial charge in [-0.2, -0.15) is 0 Å². The summed E-state index contributed by atoms with van der Waals surface area (Å²) < 4.78 is 0. The summed E-state index contributed by atoms with van der Waals surface area (Å²) in [6.45, 7) is 5.23. The van der Waals surface area contributed by atoms with Gasteiger partial charge in [-0.1, -0.05) is 17.7 Å². The highest BCUT2D eigenvalue weighted by atomic mass is 16.3. The maximum atomic E-state index is 12.2. The molecule has 0 bridgehead atoms. The third kappa shape index (κ3) is 2.67. The van der Waals surface area contributed by atoms with Gasteiger partial charge in [0.15, 0.2) is 0 Å². The molecule has 0 radical (unpaired) electrons. The Morgan fingerprint density at radius 2 is 2.06 bits per heavy atom. The lowest BCUT2D eigenvalue weighted by Crippen LogP contribution is -2.30. The molecule has 1 heterocycles. The second kappa shape index (κ2) is 4.88. The number of aliphatic hydroxyl groups is 1. The summed E-state index contributed by atoms with van der Waals surface area (Å²) in [5.41, 5.74) is 1.90. The van der Waals surface area contributed by atoms with E-state index in [1.165, 1.54) is 0 Å². The molecule has 1 N–H and O–H groups in total. The van der Waals surface area contributed by atoms with Crippen molar-refractivity contribution in [2.24, 2.45) is 5.92 Å². The van der Waals surface area contributed by atoms with Gasteiger partial charge in [0.25, 0.3) is 5.91 Å². The fourth-order valence-corrected chi connectivity index (χ4v) is 2.24. The largest absolute Gasteiger partial charge is 0.393 e. The van der Waals surface area contributed by atoms with E-state index in [4.69, 9.17) is 0 Å². The van der Waals surface area contributed by atoms with Crippen LogP contribution >= 0.6 is 0 Å². The van der Waals surface area contributed by atoms with Crippen LogP contribution in [0.3, 0.4) is 0 Å². The number of carbonyl (C=O) groups is 1. The summed E-state index contributed by atoms with van der Waals surface area (Å²) in [6.07, 6.45) is 0.570. The first-order valence-electron chi connectivity index (χ1n) is 6.12. The second-order valence-corrected chi connectivity index (χ2v) is 4.91. The third-order valence-corrected chi connectivity index (χ3v) is 3.49. The number of aryl methyl sites for hydroxylation is 1. The zero-order valence-electron chi connectivity index (χ0n) is 10.4. The van der Waals surface area contributed by atoms with Gasteiger partial charge in [-0.05, 0) is 32.4 Å². The standard InChI is InChI=1S/C14H19NO2/c1-10-3-5-12(6-4-10)14(17)15-8-7-13(9-15)11(2)16/h3-6,11,13,16H,7-9H2,1-2H3. The SMILES string of the molecule is Cc1ccc(C(=O)N2CCC(C(C)O)C2)cc1. The molecule has 1 aliphatic heterocycles. The molecule has 0 spiro atoms. The molecular formula is C14H19NO2. The molecule has 2 atom stereocenters. The van der Waals surface area contributed by atoms with Gasteiger partial charge in [-0.25, -0.2) is 0 Å². The van der Waals surface area contributed by atoms with Crippen LogP contribution in [0, 0.1) is 12.8 Å². The minimum Gasteiger partial charge on any atom is -0.393 e. The molecule has 1 aromatic rings. The van der Waals surface area contributed by atoms with E-state index in [0.717, 1.165) is 24.1 Å². The van der Waals surface area contributed by atoms with Crippen LogP contribution < -0.4 is 0 Å². The molecule has 92 valence electrons. The average Bonchev–Trinajstić information content (AvgIpc) is 2.78. The summed E-state index contributed by atoms with van der Waals surface area (Å²) in [5, 5.41) is 9.52. The smallest absolute Gasteiger partial charge is 0.253 e. The van der Waals surface area contributed by atoms with Gasteiger partial charge in [0.05, 0.1) is 6.10 Å². The Kier molecular flexibility index (Phi) is 3.48. The molecule has 17 heavy (non-hydrogen) atoms. The molecule has 0 saturated carbocycles. The number of benzene rings is 1. The Morgan fingerprint density at radius 1 is 1.41 bits per heavy atom. The van der Waals surface area contributed by atoms with Gasteiger partial charge in [-0.15, -0.1) is 0 Å². The topological polar surface area (TPSA) is 40.5 Å². The molecule has 0 aromatic heterocycles. The predicted molar refractivity (Wildman–Crippen MR) is 66.9 cm³/mol. The van der Waals surface area contributed by atoms with E-state index in [-0.39, 0.29) is 17.9 Å². The molecular weight excluding hydrogens is 214 g/mol. The van der Waals surface area contributed by atoms with Crippen molar-refractivity contribution < 1.29 is 9.90 Å². The number of rotatable bonds is 2. The van der Waals surface area contributed by atoms with Crippen molar-refractivity contribution in [1.29, 1.82) is 0 Å². The fourth-order valence-electron chi connectivity index (χ4n) is 2.24. The molecule has 3 nitrogen and oxygen atoms in total. The van der Waals surface area contributed by atoms with Crippen molar-refractivity contribution in [3.05, 3.63) is 35.4 Å². The number of aliphatic hydroxyl groups excluding tert-OH is 1. The van der Waals surface area contributed by atoms with E-state index in [9.17, 15) is 9.90 Å². The molecule has 0 aliphatic carbocycles. The second-order valence-electron chi connectivity index (χ2n) is 4.91. The Hall–Kier alpha value is -1.35. The summed E-state index contributed by atoms with van der Waals surface area (Å²) in [5.74, 6) is 0.303. The first-order chi connectivity index (χ1) is 8.08. The molecule has 1 aliphatic rings. The fraction of sp³-hybridized carbons (Fsp3) is 0.500. The highest BCUT2D eigenvalue weighted by Crippen LogP contribution is 2.21. The van der Waals surface area contributed by atoms with Gasteiger partial charge in [0.2, 0.25) is 0 Å². The summed E-state index contributed by atoms with van der Waals surface area (Å²) >= 11 is 0. The Balaban J connectivity index is 2.04. The van der Waals surface area contributed by atoms with Crippen molar-refractivity contribution in [1.82, 2.24) is 4.90 Å². The maximum Gasteiger partial charge on any atom is 0.253 e. The van der Waals surface area contributed by atoms with E-state index < -0.39 is 0 Å². The normalized spacial score (nSPS) is 21.6. The van der Waals surface area contributed by atoms with Gasteiger partial charge in [0.1, 0.15) is 0 Å². The zero-order chi connectivity index (χ0) is 12.4. The molecule has 3 heteroatoms. The molecule has 1 fully saturated rings. The van der Waals surface area contributed by atoms with Gasteiger partial charge < -0.3 is 10.0 Å². The summed E-state index contributed by atoms with van der Waals surface area (Å²) in [6, 6.07) is 7.64. The highest BCUT2D eigenvalue weighted by molar-refractivity contribution is 5.94. The summed E-state index contributed by atoms with van der Waals surface area (Å²) in [7, 11) is 0. The molecule has 1 saturated heterocycles. The van der Waals surface area contributed by atoms with Gasteiger partial charge >= 0.3 is 0 Å². The minimum absolute atomic E-state index is 0.0770. The molecule has 2 unspecified atom stereocenters. The molecule has 1 aromatic carbocycles. The van der Waals surface area contributed by atoms with Crippen molar-refractivity contribution in [3.63, 3.8) is 0 Å². The summed E-state index contributed by atoms with van der Waals surface area (Å²) in [4.78, 5) is 14.0. The molecule has 1 amide bonds. The maximum absolute atomic E-state index is 12.2. The van der Waals surface area contributed by atoms with Crippen LogP contribution in [-0.4, -0.2) is 35.1 Å². The third-order valence-electron chi connectivity index (χ3n) is 3.49. The van der Waals surface area contributed by atoms with Crippen LogP contribution in [0.5, 0.6) is 0 Å². The van der Waals surface area contributed by atoms with Crippen LogP contribution in [0.25, 0.3) is 0 Å². The quantitative estimate of drug-likeness (QED) is 0.846. The average molecular weight is 233 g/mol. The number of likely N-dealkylation sites (tertiary alicyclic amines) is 1. The van der Waals surface area contributed by atoms with Crippen LogP contribution in [0.15, 0.2) is 24.3 Å². The number of carbonyl (C=O) groups excluding carboxylic acids is 1. The monoisotopic (exact) mass is 233 g/mol. The van der Waals surface area contributed by atoms with E-state index >= 15 is 0 Å². The van der Waals surface area contributed by atoms with Crippen molar-refractivity contribution in [2.75, 3.05) is 13.1 Å². The Bertz CT molecular complexity index is 397. The van der Waals surface area contributed by atoms with Crippen molar-refractivity contribution in [2.45, 2.75) is 26.4 Å². The van der Waals surface area contributed by atoms with Crippen LogP contribution in [0.1, 0.15) is 29.3 Å². The van der Waals surface area contributed by atoms with Crippen molar-refractivity contribution in [3.8, 4) is 0 Å². The van der Waals surface area contributed by atoms with E-state index in [1.54, 1.807) is 6.92 Å². The first kappa shape index (κ1) is 12.1. The van der Waals surface area contributed by atoms with Crippen molar-refractivity contribution >= 4 is 5.91 Å². The lowest BCUT2D eigenvalue weighted by Gasteiger charge is -2.17.